The number of likely N-dealkylation sites (N-methyl/N-ethyl adjacent to an activating group) is 2. The summed E-state index contributed by atoms with van der Waals surface area (Å²) in [6.45, 7) is 4.25. The van der Waals surface area contributed by atoms with Gasteiger partial charge in [-0.25, -0.2) is 0 Å². The molecule has 2 saturated heterocycles. The van der Waals surface area contributed by atoms with Crippen molar-refractivity contribution in [1.82, 2.24) is 41.7 Å². The summed E-state index contributed by atoms with van der Waals surface area (Å²) >= 11 is 0. The lowest BCUT2D eigenvalue weighted by Crippen LogP contribution is -2.56. The van der Waals surface area contributed by atoms with E-state index in [0.29, 0.717) is 44.3 Å². The number of benzene rings is 3. The number of hydrogen-bond donors (Lipinski definition) is 6. The van der Waals surface area contributed by atoms with Crippen LogP contribution in [0.2, 0.25) is 0 Å². The van der Waals surface area contributed by atoms with Crippen molar-refractivity contribution < 1.29 is 28.8 Å². The van der Waals surface area contributed by atoms with Crippen LogP contribution in [0.3, 0.4) is 0 Å². The predicted molar refractivity (Wildman–Crippen MR) is 267 cm³/mol. The Balaban J connectivity index is 0.00000432. The van der Waals surface area contributed by atoms with Crippen molar-refractivity contribution in [2.45, 2.75) is 139 Å². The molecular weight excluding hydrogens is 904 g/mol. The van der Waals surface area contributed by atoms with Crippen LogP contribution in [0.5, 0.6) is 0 Å². The Hall–Kier alpha value is -5.46. The maximum absolute atomic E-state index is 14.4. The Morgan fingerprint density at radius 1 is 0.603 bits per heavy atom. The second-order valence-corrected chi connectivity index (χ2v) is 18.2. The van der Waals surface area contributed by atoms with Crippen molar-refractivity contribution in [3.8, 4) is 11.8 Å². The molecule has 14 nitrogen and oxygen atoms in total. The van der Waals surface area contributed by atoms with Gasteiger partial charge in [0, 0.05) is 31.5 Å². The number of rotatable bonds is 15. The van der Waals surface area contributed by atoms with Crippen molar-refractivity contribution in [3.05, 3.63) is 106 Å². The number of aryl methyl sites for hydroxylation is 2. The van der Waals surface area contributed by atoms with E-state index in [0.717, 1.165) is 55.2 Å². The first-order valence-electron chi connectivity index (χ1n) is 23.9. The van der Waals surface area contributed by atoms with Crippen LogP contribution in [-0.4, -0.2) is 109 Å². The Bertz CT molecular complexity index is 2320. The average Bonchev–Trinajstić information content (AvgIpc) is 4.05. The van der Waals surface area contributed by atoms with Gasteiger partial charge in [-0.1, -0.05) is 72.5 Å². The molecule has 2 aliphatic carbocycles. The van der Waals surface area contributed by atoms with Gasteiger partial charge in [0.1, 0.15) is 24.2 Å². The van der Waals surface area contributed by atoms with Gasteiger partial charge in [-0.3, -0.25) is 28.8 Å². The number of carbonyl (C=O) groups is 6. The number of nitrogens with one attached hydrogen (secondary N) is 6. The topological polar surface area (TPSA) is 181 Å². The van der Waals surface area contributed by atoms with Crippen LogP contribution in [0.25, 0.3) is 0 Å². The Morgan fingerprint density at radius 3 is 1.54 bits per heavy atom. The van der Waals surface area contributed by atoms with Gasteiger partial charge in [-0.2, -0.15) is 0 Å². The minimum Gasteiger partial charge on any atom is -0.347 e. The third-order valence-corrected chi connectivity index (χ3v) is 13.9. The van der Waals surface area contributed by atoms with Gasteiger partial charge in [0.25, 0.3) is 0 Å². The zero-order chi connectivity index (χ0) is 46.7. The molecule has 6 amide bonds. The van der Waals surface area contributed by atoms with E-state index in [2.05, 4.69) is 68.0 Å². The lowest BCUT2D eigenvalue weighted by molar-refractivity contribution is -0.141. The standard InChI is InChI=1S/C52H66N8O6.2ClH/c1-33(53-3)47(61)57-43(51(65)59-30-12-24-45(59)49(63)55-41-21-10-17-37-15-5-7-19-39(37)41)23-9-14-35-26-28-36(29-27-35)32-44(58-48(62)34(2)54-4)52(66)60-31-13-25-46(60)50(64)56-42-22-11-18-38-16-6-8-20-40(38)42;;/h5-8,15-16,19-20,26-29,33-34,41-46,53-54H,10-13,17-18,21-25,30-32H2,1-4H3,(H,55,63)(H,56,64)(H,57,61)(H,58,62);2*1H/t33-,34-,41?,42+,43-,44-,45-,46-;;/m0../s1. The predicted octanol–water partition coefficient (Wildman–Crippen LogP) is 4.37. The van der Waals surface area contributed by atoms with Crippen molar-refractivity contribution in [2.24, 2.45) is 0 Å². The molecule has 2 heterocycles. The van der Waals surface area contributed by atoms with Crippen LogP contribution in [0.1, 0.15) is 117 Å². The smallest absolute Gasteiger partial charge is 0.246 e. The van der Waals surface area contributed by atoms with Crippen LogP contribution in [-0.2, 0) is 48.0 Å². The highest BCUT2D eigenvalue weighted by molar-refractivity contribution is 5.95. The SMILES string of the molecule is CN[C@@H](C)C(=O)N[C@@H](CC#Cc1ccc(C[C@H](NC(=O)[C@H](C)NC)C(=O)N2CCC[C@H]2C(=O)N[C@@H]2CCCc3ccccc32)cc1)C(=O)N1CCC[C@H]1C(=O)NC1CCCc2ccccc21.Cl.Cl. The van der Waals surface area contributed by atoms with E-state index in [1.54, 1.807) is 37.7 Å². The van der Waals surface area contributed by atoms with Gasteiger partial charge in [-0.05, 0) is 132 Å². The van der Waals surface area contributed by atoms with E-state index in [9.17, 15) is 28.8 Å². The number of likely N-dealkylation sites (tertiary alicyclic amines) is 2. The van der Waals surface area contributed by atoms with Crippen molar-refractivity contribution >= 4 is 60.3 Å². The fourth-order valence-electron chi connectivity index (χ4n) is 9.82. The van der Waals surface area contributed by atoms with Crippen LogP contribution in [0.4, 0.5) is 0 Å². The number of fused-ring (bicyclic) bond motifs is 2. The van der Waals surface area contributed by atoms with Gasteiger partial charge in [0.2, 0.25) is 35.4 Å². The molecule has 0 bridgehead atoms. The van der Waals surface area contributed by atoms with Gasteiger partial charge in [0.15, 0.2) is 0 Å². The number of hydrogen-bond acceptors (Lipinski definition) is 8. The number of amides is 6. The maximum atomic E-state index is 14.4. The summed E-state index contributed by atoms with van der Waals surface area (Å²) < 4.78 is 0. The molecule has 366 valence electrons. The van der Waals surface area contributed by atoms with Crippen LogP contribution >= 0.6 is 24.8 Å². The molecule has 0 radical (unpaired) electrons. The maximum Gasteiger partial charge on any atom is 0.246 e. The first-order chi connectivity index (χ1) is 31.9. The first-order valence-corrected chi connectivity index (χ1v) is 23.9. The minimum absolute atomic E-state index is 0. The van der Waals surface area contributed by atoms with Gasteiger partial charge in [-0.15, -0.1) is 24.8 Å². The molecule has 3 aromatic carbocycles. The molecule has 0 aromatic heterocycles. The van der Waals surface area contributed by atoms with Crippen molar-refractivity contribution in [1.29, 1.82) is 0 Å². The molecule has 8 atom stereocenters. The summed E-state index contributed by atoms with van der Waals surface area (Å²) in [6, 6.07) is 19.2. The monoisotopic (exact) mass is 970 g/mol. The van der Waals surface area contributed by atoms with Gasteiger partial charge in [0.05, 0.1) is 24.2 Å². The van der Waals surface area contributed by atoms with E-state index >= 15 is 0 Å². The zero-order valence-corrected chi connectivity index (χ0v) is 41.2. The second kappa shape index (κ2) is 25.2. The zero-order valence-electron chi connectivity index (χ0n) is 39.6. The molecule has 0 saturated carbocycles. The lowest BCUT2D eigenvalue weighted by atomic mass is 9.87. The molecule has 7 rings (SSSR count). The molecule has 68 heavy (non-hydrogen) atoms. The number of nitrogens with zero attached hydrogens (tertiary/aromatic N) is 2. The van der Waals surface area contributed by atoms with Crippen LogP contribution < -0.4 is 31.9 Å². The highest BCUT2D eigenvalue weighted by Crippen LogP contribution is 2.32. The molecule has 4 aliphatic rings. The molecular formula is C52H68Cl2N8O6. The molecule has 0 spiro atoms. The molecule has 2 aliphatic heterocycles. The highest BCUT2D eigenvalue weighted by Gasteiger charge is 2.40. The third-order valence-electron chi connectivity index (χ3n) is 13.9. The third kappa shape index (κ3) is 13.0. The Morgan fingerprint density at radius 2 is 1.06 bits per heavy atom. The number of halogens is 2. The Labute approximate surface area is 413 Å². The van der Waals surface area contributed by atoms with E-state index in [4.69, 9.17) is 0 Å². The summed E-state index contributed by atoms with van der Waals surface area (Å²) in [5.74, 6) is 4.55. The molecule has 1 unspecified atom stereocenters. The molecule has 2 fully saturated rings. The molecule has 6 N–H and O–H groups in total. The van der Waals surface area contributed by atoms with Crippen molar-refractivity contribution in [3.63, 3.8) is 0 Å². The van der Waals surface area contributed by atoms with Gasteiger partial charge < -0.3 is 41.7 Å². The van der Waals surface area contributed by atoms with Crippen LogP contribution in [0, 0.1) is 11.8 Å². The highest BCUT2D eigenvalue weighted by atomic mass is 35.5. The first kappa shape index (κ1) is 53.5. The average molecular weight is 972 g/mol. The quantitative estimate of drug-likeness (QED) is 0.122. The van der Waals surface area contributed by atoms with Crippen molar-refractivity contribution in [2.75, 3.05) is 27.2 Å². The summed E-state index contributed by atoms with van der Waals surface area (Å²) in [5.41, 5.74) is 6.17. The fourth-order valence-corrected chi connectivity index (χ4v) is 9.82. The fraction of sp³-hybridized carbons (Fsp3) is 0.500. The summed E-state index contributed by atoms with van der Waals surface area (Å²) in [4.78, 5) is 85.8. The normalized spacial score (nSPS) is 21.1. The number of carbonyl (C=O) groups excluding carboxylic acids is 6. The Kier molecular flexibility index (Phi) is 19.9. The van der Waals surface area contributed by atoms with Crippen LogP contribution in [0.15, 0.2) is 72.8 Å². The summed E-state index contributed by atoms with van der Waals surface area (Å²) in [6.07, 6.45) is 8.22. The minimum atomic E-state index is -0.978. The molecule has 16 heteroatoms. The summed E-state index contributed by atoms with van der Waals surface area (Å²) in [5, 5.41) is 18.2. The van der Waals surface area contributed by atoms with E-state index in [1.807, 2.05) is 48.5 Å². The molecule has 3 aromatic rings. The van der Waals surface area contributed by atoms with E-state index in [1.165, 1.54) is 11.1 Å². The van der Waals surface area contributed by atoms with E-state index < -0.39 is 36.3 Å². The second-order valence-electron chi connectivity index (χ2n) is 18.2. The largest absolute Gasteiger partial charge is 0.347 e. The summed E-state index contributed by atoms with van der Waals surface area (Å²) in [7, 11) is 3.35. The van der Waals surface area contributed by atoms with Gasteiger partial charge >= 0.3 is 0 Å². The lowest BCUT2D eigenvalue weighted by Gasteiger charge is -2.32. The van der Waals surface area contributed by atoms with E-state index in [-0.39, 0.29) is 85.2 Å².